The number of hydrogen-bond acceptors (Lipinski definition) is 5. The van der Waals surface area contributed by atoms with E-state index in [1.807, 2.05) is 29.6 Å². The van der Waals surface area contributed by atoms with E-state index in [4.69, 9.17) is 17.4 Å². The number of phenolic OH excluding ortho intramolecular Hbond substituents is 1. The molecule has 0 unspecified atom stereocenters. The number of nitrogen functional groups attached to an aromatic ring is 1. The third-order valence-electron chi connectivity index (χ3n) is 4.93. The van der Waals surface area contributed by atoms with Crippen LogP contribution in [0.2, 0.25) is 5.02 Å². The van der Waals surface area contributed by atoms with Crippen molar-refractivity contribution in [3.63, 3.8) is 0 Å². The summed E-state index contributed by atoms with van der Waals surface area (Å²) in [5.74, 6) is 6.18. The van der Waals surface area contributed by atoms with Crippen LogP contribution in [0, 0.1) is 0 Å². The molecule has 0 atom stereocenters. The summed E-state index contributed by atoms with van der Waals surface area (Å²) in [6.45, 7) is 3.83. The molecule has 2 aromatic heterocycles. The van der Waals surface area contributed by atoms with Gasteiger partial charge in [0.05, 0.1) is 5.52 Å². The molecule has 0 saturated heterocycles. The smallest absolute Gasteiger partial charge is 0.287 e. The lowest BCUT2D eigenvalue weighted by atomic mass is 9.96. The first-order valence-corrected chi connectivity index (χ1v) is 10.3. The highest BCUT2D eigenvalue weighted by Gasteiger charge is 2.18. The monoisotopic (exact) mass is 413 g/mol. The average Bonchev–Trinajstić information content (AvgIpc) is 3.17. The fourth-order valence-corrected chi connectivity index (χ4v) is 4.65. The number of nitrogens with one attached hydrogen (secondary N) is 1. The van der Waals surface area contributed by atoms with Crippen molar-refractivity contribution in [1.82, 2.24) is 9.99 Å². The topological polar surface area (TPSA) is 80.3 Å². The molecule has 2 heterocycles. The maximum atomic E-state index is 12.5. The average molecular weight is 414 g/mol. The zero-order chi connectivity index (χ0) is 19.8. The van der Waals surface area contributed by atoms with Crippen LogP contribution in [0.5, 0.6) is 5.75 Å². The molecule has 0 aliphatic carbocycles. The second kappa shape index (κ2) is 7.47. The summed E-state index contributed by atoms with van der Waals surface area (Å²) >= 11 is 7.87. The molecule has 144 valence electrons. The van der Waals surface area contributed by atoms with Crippen molar-refractivity contribution in [3.8, 4) is 16.9 Å². The molecule has 0 spiro atoms. The zero-order valence-corrected chi connectivity index (χ0v) is 16.9. The van der Waals surface area contributed by atoms with E-state index in [9.17, 15) is 9.90 Å². The van der Waals surface area contributed by atoms with E-state index in [1.165, 1.54) is 11.3 Å². The number of pyridine rings is 1. The Balaban J connectivity index is 1.95. The number of rotatable bonds is 5. The van der Waals surface area contributed by atoms with Gasteiger partial charge in [0.25, 0.3) is 5.56 Å². The predicted molar refractivity (Wildman–Crippen MR) is 118 cm³/mol. The number of likely N-dealkylation sites (N-methyl/N-ethyl adjacent to an activating group) is 1. The fraction of sp³-hybridized carbons (Fsp3) is 0.190. The van der Waals surface area contributed by atoms with Gasteiger partial charge in [-0.15, -0.1) is 11.3 Å². The van der Waals surface area contributed by atoms with E-state index >= 15 is 0 Å². The van der Waals surface area contributed by atoms with Crippen LogP contribution in [0.3, 0.4) is 0 Å². The summed E-state index contributed by atoms with van der Waals surface area (Å²) in [7, 11) is 0. The molecule has 4 N–H and O–H groups in total. The van der Waals surface area contributed by atoms with E-state index in [0.29, 0.717) is 20.8 Å². The highest BCUT2D eigenvalue weighted by Crippen LogP contribution is 2.41. The second-order valence-electron chi connectivity index (χ2n) is 6.60. The first kappa shape index (κ1) is 18.8. The Morgan fingerprint density at radius 1 is 1.25 bits per heavy atom. The van der Waals surface area contributed by atoms with Crippen molar-refractivity contribution in [1.29, 1.82) is 0 Å². The van der Waals surface area contributed by atoms with Gasteiger partial charge in [-0.1, -0.05) is 30.7 Å². The summed E-state index contributed by atoms with van der Waals surface area (Å²) in [6, 6.07) is 10.9. The van der Waals surface area contributed by atoms with Gasteiger partial charge >= 0.3 is 0 Å². The molecule has 0 fully saturated rings. The number of benzene rings is 2. The van der Waals surface area contributed by atoms with E-state index in [0.717, 1.165) is 46.1 Å². The van der Waals surface area contributed by atoms with Crippen molar-refractivity contribution < 1.29 is 5.11 Å². The largest absolute Gasteiger partial charge is 0.507 e. The number of halogens is 1. The van der Waals surface area contributed by atoms with E-state index in [1.54, 1.807) is 12.1 Å². The lowest BCUT2D eigenvalue weighted by Crippen LogP contribution is -2.27. The number of phenols is 1. The minimum absolute atomic E-state index is 0.120. The maximum absolute atomic E-state index is 12.5. The van der Waals surface area contributed by atoms with Gasteiger partial charge in [-0.25, -0.2) is 4.68 Å². The van der Waals surface area contributed by atoms with Gasteiger partial charge in [0.15, 0.2) is 0 Å². The summed E-state index contributed by atoms with van der Waals surface area (Å²) in [6.07, 6.45) is 0.825. The molecular formula is C21H20ClN3O2S. The van der Waals surface area contributed by atoms with Crippen LogP contribution in [0.1, 0.15) is 12.5 Å². The third-order valence-corrected chi connectivity index (χ3v) is 6.19. The molecule has 7 heteroatoms. The van der Waals surface area contributed by atoms with Crippen LogP contribution < -0.4 is 16.7 Å². The molecule has 0 aliphatic rings. The Kier molecular flexibility index (Phi) is 5.02. The summed E-state index contributed by atoms with van der Waals surface area (Å²) in [4.78, 5) is 12.5. The van der Waals surface area contributed by atoms with Gasteiger partial charge in [0.1, 0.15) is 10.4 Å². The maximum Gasteiger partial charge on any atom is 0.287 e. The minimum atomic E-state index is -0.244. The van der Waals surface area contributed by atoms with Crippen molar-refractivity contribution >= 4 is 43.9 Å². The van der Waals surface area contributed by atoms with Gasteiger partial charge in [-0.2, -0.15) is 0 Å². The predicted octanol–water partition coefficient (Wildman–Crippen LogP) is 4.11. The first-order chi connectivity index (χ1) is 13.5. The number of hydrogen-bond donors (Lipinski definition) is 3. The van der Waals surface area contributed by atoms with Crippen molar-refractivity contribution in [2.45, 2.75) is 13.3 Å². The van der Waals surface area contributed by atoms with Gasteiger partial charge < -0.3 is 16.3 Å². The molecule has 28 heavy (non-hydrogen) atoms. The molecule has 0 amide bonds. The molecule has 4 aromatic rings. The van der Waals surface area contributed by atoms with Crippen LogP contribution >= 0.6 is 22.9 Å². The summed E-state index contributed by atoms with van der Waals surface area (Å²) in [5, 5.41) is 18.0. The minimum Gasteiger partial charge on any atom is -0.507 e. The second-order valence-corrected chi connectivity index (χ2v) is 7.93. The summed E-state index contributed by atoms with van der Waals surface area (Å²) in [5.41, 5.74) is 2.77. The molecule has 0 radical (unpaired) electrons. The van der Waals surface area contributed by atoms with Crippen LogP contribution in [0.4, 0.5) is 0 Å². The quantitative estimate of drug-likeness (QED) is 0.340. The first-order valence-electron chi connectivity index (χ1n) is 9.05. The molecule has 4 rings (SSSR count). The number of aromatic nitrogens is 1. The van der Waals surface area contributed by atoms with Gasteiger partial charge in [0.2, 0.25) is 0 Å². The van der Waals surface area contributed by atoms with Gasteiger partial charge in [-0.05, 0) is 60.3 Å². The van der Waals surface area contributed by atoms with Crippen molar-refractivity contribution in [2.24, 2.45) is 0 Å². The van der Waals surface area contributed by atoms with E-state index in [2.05, 4.69) is 12.2 Å². The van der Waals surface area contributed by atoms with E-state index < -0.39 is 0 Å². The van der Waals surface area contributed by atoms with Gasteiger partial charge in [-0.3, -0.25) is 4.79 Å². The third kappa shape index (κ3) is 3.03. The highest BCUT2D eigenvalue weighted by molar-refractivity contribution is 7.17. The Labute approximate surface area is 171 Å². The molecule has 0 aliphatic heterocycles. The Hall–Kier alpha value is -2.54. The number of thiophene rings is 1. The molecule has 2 aromatic carbocycles. The van der Waals surface area contributed by atoms with Gasteiger partial charge in [0, 0.05) is 21.4 Å². The SMILES string of the molecule is CCNCCc1ccc(-c2c(O)ccc3c2c2ccsc2c(=O)n3N)cc1Cl. The van der Waals surface area contributed by atoms with Crippen LogP contribution in [-0.2, 0) is 6.42 Å². The zero-order valence-electron chi connectivity index (χ0n) is 15.3. The fourth-order valence-electron chi connectivity index (χ4n) is 3.54. The van der Waals surface area contributed by atoms with Crippen LogP contribution in [0.15, 0.2) is 46.6 Å². The molecule has 5 nitrogen and oxygen atoms in total. The van der Waals surface area contributed by atoms with Crippen LogP contribution in [0.25, 0.3) is 32.1 Å². The number of fused-ring (bicyclic) bond motifs is 3. The summed E-state index contributed by atoms with van der Waals surface area (Å²) < 4.78 is 1.71. The number of aromatic hydroxyl groups is 1. The molecular weight excluding hydrogens is 394 g/mol. The van der Waals surface area contributed by atoms with E-state index in [-0.39, 0.29) is 11.3 Å². The Bertz CT molecular complexity index is 1250. The number of nitrogens with two attached hydrogens (primary N) is 1. The normalized spacial score (nSPS) is 11.5. The lowest BCUT2D eigenvalue weighted by molar-refractivity contribution is 0.478. The van der Waals surface area contributed by atoms with Crippen molar-refractivity contribution in [3.05, 3.63) is 62.7 Å². The molecule has 0 saturated carbocycles. The van der Waals surface area contributed by atoms with Crippen molar-refractivity contribution in [2.75, 3.05) is 18.9 Å². The standard InChI is InChI=1S/C21H20ClN3O2S/c1-2-24-9-7-12-3-4-13(11-15(12)22)18-17(26)6-5-16-19(18)14-8-10-28-20(14)21(27)25(16)23/h3-6,8,10-11,24,26H,2,7,9,23H2,1H3. The Morgan fingerprint density at radius 3 is 2.82 bits per heavy atom. The lowest BCUT2D eigenvalue weighted by Gasteiger charge is -2.14. The Morgan fingerprint density at radius 2 is 2.07 bits per heavy atom. The number of nitrogens with zero attached hydrogens (tertiary/aromatic N) is 1. The molecule has 0 bridgehead atoms. The van der Waals surface area contributed by atoms with Crippen LogP contribution in [-0.4, -0.2) is 22.9 Å². The highest BCUT2D eigenvalue weighted by atomic mass is 35.5.